The van der Waals surface area contributed by atoms with Gasteiger partial charge in [0, 0.05) is 17.7 Å². The molecule has 4 aromatic rings. The molecule has 0 saturated carbocycles. The molecule has 0 saturated heterocycles. The first-order valence-electron chi connectivity index (χ1n) is 10.7. The van der Waals surface area contributed by atoms with E-state index in [2.05, 4.69) is 5.10 Å². The van der Waals surface area contributed by atoms with Gasteiger partial charge >= 0.3 is 11.9 Å². The Morgan fingerprint density at radius 1 is 0.794 bits per heavy atom. The van der Waals surface area contributed by atoms with Crippen molar-refractivity contribution in [3.05, 3.63) is 119 Å². The van der Waals surface area contributed by atoms with Crippen molar-refractivity contribution >= 4 is 18.1 Å². The van der Waals surface area contributed by atoms with Gasteiger partial charge in [0.05, 0.1) is 31.7 Å². The zero-order chi connectivity index (χ0) is 23.9. The molecule has 0 aliphatic carbocycles. The maximum Gasteiger partial charge on any atom is 0.341 e. The number of methoxy groups -OCH3 is 2. The van der Waals surface area contributed by atoms with E-state index < -0.39 is 17.9 Å². The van der Waals surface area contributed by atoms with Crippen molar-refractivity contribution in [1.29, 1.82) is 0 Å². The third-order valence-electron chi connectivity index (χ3n) is 5.51. The van der Waals surface area contributed by atoms with Crippen molar-refractivity contribution in [3.63, 3.8) is 0 Å². The third-order valence-corrected chi connectivity index (χ3v) is 5.51. The van der Waals surface area contributed by atoms with E-state index in [1.807, 2.05) is 91.0 Å². The maximum atomic E-state index is 13.1. The van der Waals surface area contributed by atoms with Gasteiger partial charge in [-0.25, -0.2) is 14.3 Å². The first-order valence-corrected chi connectivity index (χ1v) is 10.7. The summed E-state index contributed by atoms with van der Waals surface area (Å²) in [5.41, 5.74) is 3.80. The van der Waals surface area contributed by atoms with Gasteiger partial charge < -0.3 is 9.47 Å². The predicted octanol–water partition coefficient (Wildman–Crippen LogP) is 5.18. The largest absolute Gasteiger partial charge is 0.466 e. The Balaban J connectivity index is 1.96. The standard InChI is InChI=1S/C28H24N2O4/c1-33-27(31)23-18-29-30(26(23)22-16-10-5-11-17-22)19-24(28(32)34-2)25(20-12-6-3-7-13-20)21-14-8-4-9-15-21/h3-19,25H,1-2H3/b24-19-. The summed E-state index contributed by atoms with van der Waals surface area (Å²) in [6, 6.07) is 28.8. The molecule has 0 spiro atoms. The molecule has 0 aliphatic rings. The lowest BCUT2D eigenvalue weighted by molar-refractivity contribution is -0.136. The van der Waals surface area contributed by atoms with Crippen LogP contribution in [-0.2, 0) is 14.3 Å². The molecule has 6 nitrogen and oxygen atoms in total. The van der Waals surface area contributed by atoms with Crippen molar-refractivity contribution in [2.45, 2.75) is 5.92 Å². The van der Waals surface area contributed by atoms with Crippen molar-refractivity contribution in [3.8, 4) is 11.3 Å². The van der Waals surface area contributed by atoms with E-state index in [1.54, 1.807) is 6.20 Å². The lowest BCUT2D eigenvalue weighted by Crippen LogP contribution is -2.16. The van der Waals surface area contributed by atoms with Gasteiger partial charge in [-0.1, -0.05) is 91.0 Å². The highest BCUT2D eigenvalue weighted by molar-refractivity contribution is 5.98. The van der Waals surface area contributed by atoms with Crippen LogP contribution in [0.15, 0.2) is 103 Å². The molecule has 0 unspecified atom stereocenters. The van der Waals surface area contributed by atoms with E-state index in [0.717, 1.165) is 16.7 Å². The molecule has 0 radical (unpaired) electrons. The number of carbonyl (C=O) groups is 2. The van der Waals surface area contributed by atoms with Crippen LogP contribution in [0.5, 0.6) is 0 Å². The average molecular weight is 453 g/mol. The Bertz CT molecular complexity index is 1260. The molecule has 4 rings (SSSR count). The van der Waals surface area contributed by atoms with E-state index in [9.17, 15) is 9.59 Å². The minimum Gasteiger partial charge on any atom is -0.466 e. The quantitative estimate of drug-likeness (QED) is 0.285. The fourth-order valence-corrected chi connectivity index (χ4v) is 3.94. The van der Waals surface area contributed by atoms with E-state index >= 15 is 0 Å². The summed E-state index contributed by atoms with van der Waals surface area (Å²) in [6.07, 6.45) is 3.07. The number of rotatable bonds is 7. The summed E-state index contributed by atoms with van der Waals surface area (Å²) in [4.78, 5) is 25.6. The SMILES string of the molecule is COC(=O)/C(=C\n1ncc(C(=O)OC)c1-c1ccccc1)C(c1ccccc1)c1ccccc1. The Morgan fingerprint density at radius 3 is 1.82 bits per heavy atom. The molecule has 0 aliphatic heterocycles. The number of esters is 2. The number of aromatic nitrogens is 2. The Morgan fingerprint density at radius 2 is 1.32 bits per heavy atom. The summed E-state index contributed by atoms with van der Waals surface area (Å²) < 4.78 is 11.7. The molecule has 0 atom stereocenters. The van der Waals surface area contributed by atoms with Gasteiger partial charge in [0.2, 0.25) is 0 Å². The van der Waals surface area contributed by atoms with Gasteiger partial charge in [0.15, 0.2) is 0 Å². The van der Waals surface area contributed by atoms with Crippen LogP contribution in [0, 0.1) is 0 Å². The number of hydrogen-bond acceptors (Lipinski definition) is 5. The fraction of sp³-hybridized carbons (Fsp3) is 0.107. The summed E-state index contributed by atoms with van der Waals surface area (Å²) >= 11 is 0. The summed E-state index contributed by atoms with van der Waals surface area (Å²) in [5.74, 6) is -1.42. The second-order valence-electron chi connectivity index (χ2n) is 7.54. The highest BCUT2D eigenvalue weighted by Gasteiger charge is 2.27. The first kappa shape index (κ1) is 22.7. The fourth-order valence-electron chi connectivity index (χ4n) is 3.94. The minimum absolute atomic E-state index is 0.296. The summed E-state index contributed by atoms with van der Waals surface area (Å²) in [5, 5.41) is 4.42. The van der Waals surface area contributed by atoms with Crippen LogP contribution in [0.25, 0.3) is 17.5 Å². The molecule has 34 heavy (non-hydrogen) atoms. The first-order chi connectivity index (χ1) is 16.6. The van der Waals surface area contributed by atoms with Gasteiger partial charge in [-0.15, -0.1) is 0 Å². The zero-order valence-corrected chi connectivity index (χ0v) is 18.9. The van der Waals surface area contributed by atoms with Crippen molar-refractivity contribution in [2.75, 3.05) is 14.2 Å². The Kier molecular flexibility index (Phi) is 6.98. The number of ether oxygens (including phenoxy) is 2. The van der Waals surface area contributed by atoms with Crippen LogP contribution >= 0.6 is 0 Å². The van der Waals surface area contributed by atoms with E-state index in [-0.39, 0.29) is 0 Å². The van der Waals surface area contributed by atoms with Crippen LogP contribution in [0.1, 0.15) is 27.4 Å². The normalized spacial score (nSPS) is 11.3. The molecule has 170 valence electrons. The second kappa shape index (κ2) is 10.4. The van der Waals surface area contributed by atoms with Crippen LogP contribution in [0.3, 0.4) is 0 Å². The summed E-state index contributed by atoms with van der Waals surface area (Å²) in [6.45, 7) is 0. The number of nitrogens with zero attached hydrogens (tertiary/aromatic N) is 2. The van der Waals surface area contributed by atoms with Crippen LogP contribution < -0.4 is 0 Å². The molecule has 3 aromatic carbocycles. The lowest BCUT2D eigenvalue weighted by atomic mass is 9.85. The van der Waals surface area contributed by atoms with Gasteiger partial charge in [0.25, 0.3) is 0 Å². The molecule has 0 fully saturated rings. The smallest absolute Gasteiger partial charge is 0.341 e. The number of hydrogen-bond donors (Lipinski definition) is 0. The topological polar surface area (TPSA) is 70.4 Å². The Hall–Kier alpha value is -4.45. The van der Waals surface area contributed by atoms with Gasteiger partial charge in [-0.3, -0.25) is 0 Å². The maximum absolute atomic E-state index is 13.1. The van der Waals surface area contributed by atoms with Gasteiger partial charge in [-0.2, -0.15) is 5.10 Å². The monoisotopic (exact) mass is 452 g/mol. The van der Waals surface area contributed by atoms with E-state index in [4.69, 9.17) is 9.47 Å². The van der Waals surface area contributed by atoms with E-state index in [0.29, 0.717) is 16.8 Å². The highest BCUT2D eigenvalue weighted by Crippen LogP contribution is 2.34. The molecule has 0 bridgehead atoms. The third kappa shape index (κ3) is 4.66. The molecular weight excluding hydrogens is 428 g/mol. The molecule has 1 heterocycles. The zero-order valence-electron chi connectivity index (χ0n) is 18.9. The predicted molar refractivity (Wildman–Crippen MR) is 130 cm³/mol. The van der Waals surface area contributed by atoms with Crippen molar-refractivity contribution < 1.29 is 19.1 Å². The average Bonchev–Trinajstić information content (AvgIpc) is 3.32. The van der Waals surface area contributed by atoms with Gasteiger partial charge in [-0.05, 0) is 11.1 Å². The van der Waals surface area contributed by atoms with Crippen LogP contribution in [0.4, 0.5) is 0 Å². The molecule has 1 aromatic heterocycles. The molecular formula is C28H24N2O4. The van der Waals surface area contributed by atoms with Crippen LogP contribution in [-0.4, -0.2) is 35.9 Å². The number of carbonyl (C=O) groups excluding carboxylic acids is 2. The van der Waals surface area contributed by atoms with E-state index in [1.165, 1.54) is 25.1 Å². The van der Waals surface area contributed by atoms with Crippen molar-refractivity contribution in [2.24, 2.45) is 0 Å². The highest BCUT2D eigenvalue weighted by atomic mass is 16.5. The summed E-state index contributed by atoms with van der Waals surface area (Å²) in [7, 11) is 2.68. The molecule has 6 heteroatoms. The minimum atomic E-state index is -0.513. The number of benzene rings is 3. The second-order valence-corrected chi connectivity index (χ2v) is 7.54. The molecule has 0 N–H and O–H groups in total. The van der Waals surface area contributed by atoms with Crippen LogP contribution in [0.2, 0.25) is 0 Å². The van der Waals surface area contributed by atoms with Gasteiger partial charge in [0.1, 0.15) is 5.56 Å². The Labute approximate surface area is 198 Å². The lowest BCUT2D eigenvalue weighted by Gasteiger charge is -2.20. The molecule has 0 amide bonds. The van der Waals surface area contributed by atoms with Crippen molar-refractivity contribution in [1.82, 2.24) is 9.78 Å².